The van der Waals surface area contributed by atoms with Gasteiger partial charge in [-0.3, -0.25) is 0 Å². The van der Waals surface area contributed by atoms with Gasteiger partial charge >= 0.3 is 5.97 Å². The van der Waals surface area contributed by atoms with Crippen LogP contribution >= 0.6 is 0 Å². The van der Waals surface area contributed by atoms with E-state index in [9.17, 15) is 4.79 Å². The van der Waals surface area contributed by atoms with Crippen molar-refractivity contribution in [3.63, 3.8) is 0 Å². The molecule has 0 bridgehead atoms. The molecule has 2 rings (SSSR count). The van der Waals surface area contributed by atoms with Crippen LogP contribution in [0.2, 0.25) is 0 Å². The fourth-order valence-corrected chi connectivity index (χ4v) is 2.56. The first-order valence-electron chi connectivity index (χ1n) is 6.46. The molecule has 0 spiro atoms. The van der Waals surface area contributed by atoms with Gasteiger partial charge in [0, 0.05) is 0 Å². The van der Waals surface area contributed by atoms with Crippen LogP contribution in [-0.4, -0.2) is 26.1 Å². The number of rotatable bonds is 2. The zero-order valence-electron chi connectivity index (χ0n) is 11.5. The Labute approximate surface area is 107 Å². The molecule has 0 aromatic carbocycles. The summed E-state index contributed by atoms with van der Waals surface area (Å²) in [6.45, 7) is 8.38. The van der Waals surface area contributed by atoms with Crippen molar-refractivity contribution in [3.05, 3.63) is 11.4 Å². The summed E-state index contributed by atoms with van der Waals surface area (Å²) in [6.07, 6.45) is 2.86. The summed E-state index contributed by atoms with van der Waals surface area (Å²) >= 11 is 0. The van der Waals surface area contributed by atoms with Gasteiger partial charge in [0.15, 0.2) is 0 Å². The lowest BCUT2D eigenvalue weighted by Crippen LogP contribution is -2.28. The second kappa shape index (κ2) is 4.37. The second-order valence-electron chi connectivity index (χ2n) is 6.25. The number of fused-ring (bicyclic) bond motifs is 1. The summed E-state index contributed by atoms with van der Waals surface area (Å²) in [6, 6.07) is -0.632. The van der Waals surface area contributed by atoms with Crippen LogP contribution in [-0.2, 0) is 17.6 Å². The lowest BCUT2D eigenvalue weighted by Gasteiger charge is -2.33. The Morgan fingerprint density at radius 1 is 1.50 bits per heavy atom. The molecule has 1 heterocycles. The lowest BCUT2D eigenvalue weighted by molar-refractivity contribution is -0.140. The lowest BCUT2D eigenvalue weighted by atomic mass is 9.73. The summed E-state index contributed by atoms with van der Waals surface area (Å²) < 4.78 is 1.57. The summed E-state index contributed by atoms with van der Waals surface area (Å²) in [5, 5.41) is 17.2. The number of nitrogens with zero attached hydrogens (tertiary/aromatic N) is 3. The first-order chi connectivity index (χ1) is 8.30. The van der Waals surface area contributed by atoms with Gasteiger partial charge in [-0.15, -0.1) is 5.10 Å². The van der Waals surface area contributed by atoms with Gasteiger partial charge in [0.25, 0.3) is 0 Å². The highest BCUT2D eigenvalue weighted by molar-refractivity contribution is 5.71. The molecule has 0 aliphatic heterocycles. The topological polar surface area (TPSA) is 68.0 Å². The fourth-order valence-electron chi connectivity index (χ4n) is 2.56. The van der Waals surface area contributed by atoms with Crippen LogP contribution in [0, 0.1) is 11.3 Å². The highest BCUT2D eigenvalue weighted by Crippen LogP contribution is 2.36. The van der Waals surface area contributed by atoms with Crippen molar-refractivity contribution in [1.82, 2.24) is 15.0 Å². The van der Waals surface area contributed by atoms with Gasteiger partial charge in [-0.25, -0.2) is 9.48 Å². The molecule has 1 aliphatic rings. The summed E-state index contributed by atoms with van der Waals surface area (Å²) in [4.78, 5) is 11.0. The first kappa shape index (κ1) is 13.1. The van der Waals surface area contributed by atoms with Crippen LogP contribution in [0.3, 0.4) is 0 Å². The standard InChI is InChI=1S/C13H21N3O2/c1-8(12(17)18)16-11-6-5-9(13(2,3)4)7-10(11)14-15-16/h8-9H,5-7H2,1-4H3,(H,17,18). The largest absolute Gasteiger partial charge is 0.480 e. The first-order valence-corrected chi connectivity index (χ1v) is 6.46. The summed E-state index contributed by atoms with van der Waals surface area (Å²) in [5.74, 6) is -0.268. The molecular formula is C13H21N3O2. The second-order valence-corrected chi connectivity index (χ2v) is 6.25. The van der Waals surface area contributed by atoms with Crippen molar-refractivity contribution < 1.29 is 9.90 Å². The van der Waals surface area contributed by atoms with Crippen molar-refractivity contribution in [2.45, 2.75) is 53.0 Å². The Bertz CT molecular complexity index is 459. The molecule has 5 heteroatoms. The molecule has 0 fully saturated rings. The predicted molar refractivity (Wildman–Crippen MR) is 67.3 cm³/mol. The maximum atomic E-state index is 11.0. The van der Waals surface area contributed by atoms with Gasteiger partial charge < -0.3 is 5.11 Å². The van der Waals surface area contributed by atoms with E-state index in [1.165, 1.54) is 0 Å². The highest BCUT2D eigenvalue weighted by Gasteiger charge is 2.32. The van der Waals surface area contributed by atoms with E-state index in [0.29, 0.717) is 5.92 Å². The fraction of sp³-hybridized carbons (Fsp3) is 0.769. The molecule has 5 nitrogen and oxygen atoms in total. The van der Waals surface area contributed by atoms with Gasteiger partial charge in [0.1, 0.15) is 6.04 Å². The van der Waals surface area contributed by atoms with E-state index in [2.05, 4.69) is 31.1 Å². The number of hydrogen-bond donors (Lipinski definition) is 1. The van der Waals surface area contributed by atoms with E-state index in [-0.39, 0.29) is 5.41 Å². The molecular weight excluding hydrogens is 230 g/mol. The van der Waals surface area contributed by atoms with E-state index in [0.717, 1.165) is 30.7 Å². The van der Waals surface area contributed by atoms with E-state index < -0.39 is 12.0 Å². The van der Waals surface area contributed by atoms with Crippen LogP contribution in [0.15, 0.2) is 0 Å². The molecule has 2 atom stereocenters. The van der Waals surface area contributed by atoms with Crippen LogP contribution in [0.4, 0.5) is 0 Å². The summed E-state index contributed by atoms with van der Waals surface area (Å²) in [7, 11) is 0. The molecule has 1 aromatic heterocycles. The van der Waals surface area contributed by atoms with Gasteiger partial charge in [-0.05, 0) is 37.5 Å². The van der Waals surface area contributed by atoms with Crippen LogP contribution in [0.25, 0.3) is 0 Å². The number of carboxylic acid groups (broad SMARTS) is 1. The number of aromatic nitrogens is 3. The third-order valence-corrected chi connectivity index (χ3v) is 3.99. The molecule has 0 saturated carbocycles. The Kier molecular flexibility index (Phi) is 3.17. The smallest absolute Gasteiger partial charge is 0.328 e. The van der Waals surface area contributed by atoms with Crippen LogP contribution in [0.1, 0.15) is 51.5 Å². The van der Waals surface area contributed by atoms with Crippen molar-refractivity contribution in [2.75, 3.05) is 0 Å². The maximum absolute atomic E-state index is 11.0. The van der Waals surface area contributed by atoms with E-state index in [4.69, 9.17) is 5.11 Å². The molecule has 18 heavy (non-hydrogen) atoms. The van der Waals surface area contributed by atoms with E-state index in [1.54, 1.807) is 11.6 Å². The normalized spacial score (nSPS) is 21.4. The van der Waals surface area contributed by atoms with Crippen LogP contribution in [0.5, 0.6) is 0 Å². The average molecular weight is 251 g/mol. The minimum absolute atomic E-state index is 0.264. The Hall–Kier alpha value is -1.39. The average Bonchev–Trinajstić information content (AvgIpc) is 2.69. The molecule has 1 aromatic rings. The van der Waals surface area contributed by atoms with Crippen molar-refractivity contribution >= 4 is 5.97 Å². The number of aliphatic carboxylic acids is 1. The van der Waals surface area contributed by atoms with Crippen molar-refractivity contribution in [1.29, 1.82) is 0 Å². The third-order valence-electron chi connectivity index (χ3n) is 3.99. The quantitative estimate of drug-likeness (QED) is 0.873. The monoisotopic (exact) mass is 251 g/mol. The SMILES string of the molecule is CC(C(=O)O)n1nnc2c1CCC(C(C)(C)C)C2. The minimum Gasteiger partial charge on any atom is -0.480 e. The predicted octanol–water partition coefficient (Wildman–Crippen LogP) is 2.07. The zero-order valence-corrected chi connectivity index (χ0v) is 11.5. The Morgan fingerprint density at radius 2 is 2.17 bits per heavy atom. The molecule has 0 amide bonds. The zero-order chi connectivity index (χ0) is 13.5. The molecule has 0 saturated heterocycles. The number of hydrogen-bond acceptors (Lipinski definition) is 3. The molecule has 2 unspecified atom stereocenters. The highest BCUT2D eigenvalue weighted by atomic mass is 16.4. The molecule has 0 radical (unpaired) electrons. The third kappa shape index (κ3) is 2.26. The Morgan fingerprint density at radius 3 is 2.72 bits per heavy atom. The van der Waals surface area contributed by atoms with Crippen LogP contribution < -0.4 is 0 Å². The van der Waals surface area contributed by atoms with Gasteiger partial charge in [0.05, 0.1) is 11.4 Å². The van der Waals surface area contributed by atoms with Gasteiger partial charge in [-0.1, -0.05) is 26.0 Å². The van der Waals surface area contributed by atoms with E-state index in [1.807, 2.05) is 0 Å². The minimum atomic E-state index is -0.861. The van der Waals surface area contributed by atoms with E-state index >= 15 is 0 Å². The molecule has 100 valence electrons. The Balaban J connectivity index is 2.25. The van der Waals surface area contributed by atoms with Gasteiger partial charge in [-0.2, -0.15) is 0 Å². The number of carboxylic acids is 1. The molecule has 1 aliphatic carbocycles. The number of carbonyl (C=O) groups is 1. The maximum Gasteiger partial charge on any atom is 0.328 e. The molecule has 1 N–H and O–H groups in total. The van der Waals surface area contributed by atoms with Gasteiger partial charge in [0.2, 0.25) is 0 Å². The van der Waals surface area contributed by atoms with Crippen molar-refractivity contribution in [2.24, 2.45) is 11.3 Å². The van der Waals surface area contributed by atoms with Crippen molar-refractivity contribution in [3.8, 4) is 0 Å². The summed E-state index contributed by atoms with van der Waals surface area (Å²) in [5.41, 5.74) is 2.25.